The molecule has 1 saturated carbocycles. The Hall–Kier alpha value is -2.55. The average Bonchev–Trinajstić information content (AvgIpc) is 2.58. The predicted octanol–water partition coefficient (Wildman–Crippen LogP) is 4.04. The number of methoxy groups -OCH3 is 1. The molecule has 3 nitrogen and oxygen atoms in total. The zero-order valence-electron chi connectivity index (χ0n) is 14.0. The van der Waals surface area contributed by atoms with Crippen molar-refractivity contribution in [3.63, 3.8) is 0 Å². The number of hydrogen-bond acceptors (Lipinski definition) is 2. The minimum atomic E-state index is 0.176. The maximum Gasteiger partial charge on any atom is 0.223 e. The van der Waals surface area contributed by atoms with Crippen molar-refractivity contribution in [2.75, 3.05) is 13.7 Å². The molecule has 0 spiro atoms. The monoisotopic (exact) mass is 321 g/mol. The van der Waals surface area contributed by atoms with Crippen LogP contribution in [-0.2, 0) is 4.79 Å². The van der Waals surface area contributed by atoms with Gasteiger partial charge in [0.05, 0.1) is 7.11 Å². The average molecular weight is 321 g/mol. The van der Waals surface area contributed by atoms with Gasteiger partial charge >= 0.3 is 0 Å². The Kier molecular flexibility index (Phi) is 5.32. The molecule has 0 bridgehead atoms. The van der Waals surface area contributed by atoms with Gasteiger partial charge in [0.25, 0.3) is 0 Å². The van der Waals surface area contributed by atoms with Crippen molar-refractivity contribution in [3.05, 3.63) is 71.8 Å². The van der Waals surface area contributed by atoms with Crippen LogP contribution in [0.4, 0.5) is 0 Å². The zero-order valence-corrected chi connectivity index (χ0v) is 14.0. The largest absolute Gasteiger partial charge is 0.497 e. The van der Waals surface area contributed by atoms with Crippen LogP contribution in [-0.4, -0.2) is 19.6 Å². The molecule has 1 amide bonds. The second-order valence-corrected chi connectivity index (χ2v) is 6.09. The van der Waals surface area contributed by atoms with Crippen molar-refractivity contribution in [3.8, 4) is 5.75 Å². The molecule has 0 heterocycles. The van der Waals surface area contributed by atoms with Crippen LogP contribution >= 0.6 is 0 Å². The summed E-state index contributed by atoms with van der Waals surface area (Å²) in [6.45, 7) is 0.538. The van der Waals surface area contributed by atoms with E-state index < -0.39 is 0 Å². The molecule has 124 valence electrons. The third kappa shape index (κ3) is 3.85. The lowest BCUT2D eigenvalue weighted by Crippen LogP contribution is -2.34. The number of amides is 1. The molecule has 0 aromatic heterocycles. The van der Waals surface area contributed by atoms with Crippen LogP contribution in [0.3, 0.4) is 0 Å². The minimum absolute atomic E-state index is 0.176. The van der Waals surface area contributed by atoms with E-state index in [-0.39, 0.29) is 11.8 Å². The smallest absolute Gasteiger partial charge is 0.223 e. The molecule has 3 heteroatoms. The second-order valence-electron chi connectivity index (χ2n) is 6.09. The Morgan fingerprint density at radius 2 is 1.88 bits per heavy atom. The summed E-state index contributed by atoms with van der Waals surface area (Å²) in [6.07, 6.45) is 5.31. The lowest BCUT2D eigenvalue weighted by Gasteiger charge is -2.23. The summed E-state index contributed by atoms with van der Waals surface area (Å²) in [5.41, 5.74) is 3.31. The third-order valence-electron chi connectivity index (χ3n) is 4.52. The predicted molar refractivity (Wildman–Crippen MR) is 96.9 cm³/mol. The molecule has 1 fully saturated rings. The van der Waals surface area contributed by atoms with Crippen molar-refractivity contribution >= 4 is 11.5 Å². The summed E-state index contributed by atoms with van der Waals surface area (Å²) >= 11 is 0. The normalized spacial score (nSPS) is 14.8. The van der Waals surface area contributed by atoms with Gasteiger partial charge in [-0.05, 0) is 41.7 Å². The van der Waals surface area contributed by atoms with Crippen LogP contribution in [0.5, 0.6) is 5.75 Å². The Bertz CT molecular complexity index is 718. The van der Waals surface area contributed by atoms with Gasteiger partial charge in [-0.25, -0.2) is 0 Å². The SMILES string of the molecule is COc1cccc(/C(=C\CNC(=O)C2CCC2)c2ccccc2)c1. The first-order valence-corrected chi connectivity index (χ1v) is 8.45. The molecule has 0 atom stereocenters. The van der Waals surface area contributed by atoms with Gasteiger partial charge in [-0.15, -0.1) is 0 Å². The van der Waals surface area contributed by atoms with E-state index >= 15 is 0 Å². The van der Waals surface area contributed by atoms with E-state index in [1.807, 2.05) is 36.4 Å². The van der Waals surface area contributed by atoms with Gasteiger partial charge in [0.15, 0.2) is 0 Å². The fourth-order valence-corrected chi connectivity index (χ4v) is 2.88. The first kappa shape index (κ1) is 16.3. The van der Waals surface area contributed by atoms with Crippen LogP contribution in [0, 0.1) is 5.92 Å². The zero-order chi connectivity index (χ0) is 16.8. The summed E-state index contributed by atoms with van der Waals surface area (Å²) in [5.74, 6) is 1.22. The third-order valence-corrected chi connectivity index (χ3v) is 4.52. The van der Waals surface area contributed by atoms with Gasteiger partial charge in [-0.1, -0.05) is 55.0 Å². The number of nitrogens with one attached hydrogen (secondary N) is 1. The van der Waals surface area contributed by atoms with Gasteiger partial charge in [0, 0.05) is 12.5 Å². The highest BCUT2D eigenvalue weighted by atomic mass is 16.5. The number of hydrogen-bond donors (Lipinski definition) is 1. The summed E-state index contributed by atoms with van der Waals surface area (Å²) in [7, 11) is 1.67. The van der Waals surface area contributed by atoms with E-state index in [4.69, 9.17) is 4.74 Å². The molecular formula is C21H23NO2. The molecular weight excluding hydrogens is 298 g/mol. The minimum Gasteiger partial charge on any atom is -0.497 e. The fourth-order valence-electron chi connectivity index (χ4n) is 2.88. The summed E-state index contributed by atoms with van der Waals surface area (Å²) in [5, 5.41) is 3.04. The molecule has 3 rings (SSSR count). The van der Waals surface area contributed by atoms with Gasteiger partial charge in [0.1, 0.15) is 5.75 Å². The van der Waals surface area contributed by atoms with Crippen molar-refractivity contribution in [2.24, 2.45) is 5.92 Å². The number of rotatable bonds is 6. The van der Waals surface area contributed by atoms with Gasteiger partial charge in [-0.3, -0.25) is 4.79 Å². The Morgan fingerprint density at radius 3 is 2.54 bits per heavy atom. The topological polar surface area (TPSA) is 38.3 Å². The van der Waals surface area contributed by atoms with Gasteiger partial charge in [-0.2, -0.15) is 0 Å². The molecule has 2 aromatic carbocycles. The first-order chi connectivity index (χ1) is 11.8. The quantitative estimate of drug-likeness (QED) is 0.872. The first-order valence-electron chi connectivity index (χ1n) is 8.45. The van der Waals surface area contributed by atoms with Crippen molar-refractivity contribution < 1.29 is 9.53 Å². The molecule has 0 saturated heterocycles. The summed E-state index contributed by atoms with van der Waals surface area (Å²) in [6, 6.07) is 18.2. The molecule has 0 unspecified atom stereocenters. The number of carbonyl (C=O) groups excluding carboxylic acids is 1. The standard InChI is InChI=1S/C21H23NO2/c1-24-19-12-6-11-18(15-19)20(16-7-3-2-4-8-16)13-14-22-21(23)17-9-5-10-17/h2-4,6-8,11-13,15,17H,5,9-10,14H2,1H3,(H,22,23)/b20-13-. The van der Waals surface area contributed by atoms with Crippen LogP contribution in [0.25, 0.3) is 5.57 Å². The van der Waals surface area contributed by atoms with Crippen LogP contribution in [0.1, 0.15) is 30.4 Å². The van der Waals surface area contributed by atoms with Gasteiger partial charge in [0.2, 0.25) is 5.91 Å². The van der Waals surface area contributed by atoms with Crippen molar-refractivity contribution in [2.45, 2.75) is 19.3 Å². The maximum atomic E-state index is 12.0. The number of benzene rings is 2. The molecule has 0 aliphatic heterocycles. The van der Waals surface area contributed by atoms with Crippen LogP contribution < -0.4 is 10.1 Å². The van der Waals surface area contributed by atoms with Crippen molar-refractivity contribution in [1.82, 2.24) is 5.32 Å². The highest BCUT2D eigenvalue weighted by Gasteiger charge is 2.24. The van der Waals surface area contributed by atoms with E-state index in [9.17, 15) is 4.79 Å². The lowest BCUT2D eigenvalue weighted by molar-refractivity contribution is -0.127. The lowest BCUT2D eigenvalue weighted by atomic mass is 9.85. The van der Waals surface area contributed by atoms with E-state index in [0.717, 1.165) is 35.3 Å². The van der Waals surface area contributed by atoms with Crippen LogP contribution in [0.15, 0.2) is 60.7 Å². The van der Waals surface area contributed by atoms with E-state index in [0.29, 0.717) is 6.54 Å². The molecule has 2 aromatic rings. The summed E-state index contributed by atoms with van der Waals surface area (Å²) in [4.78, 5) is 12.0. The highest BCUT2D eigenvalue weighted by molar-refractivity contribution is 5.82. The molecule has 0 radical (unpaired) electrons. The number of carbonyl (C=O) groups is 1. The number of ether oxygens (including phenoxy) is 1. The highest BCUT2D eigenvalue weighted by Crippen LogP contribution is 2.27. The Morgan fingerprint density at radius 1 is 1.12 bits per heavy atom. The van der Waals surface area contributed by atoms with Gasteiger partial charge < -0.3 is 10.1 Å². The molecule has 1 aliphatic carbocycles. The van der Waals surface area contributed by atoms with E-state index in [1.54, 1.807) is 7.11 Å². The fraction of sp³-hybridized carbons (Fsp3) is 0.286. The second kappa shape index (κ2) is 7.82. The summed E-state index contributed by atoms with van der Waals surface area (Å²) < 4.78 is 5.34. The van der Waals surface area contributed by atoms with Crippen LogP contribution in [0.2, 0.25) is 0 Å². The Labute approximate surface area is 143 Å². The van der Waals surface area contributed by atoms with Crippen molar-refractivity contribution in [1.29, 1.82) is 0 Å². The van der Waals surface area contributed by atoms with E-state index in [2.05, 4.69) is 29.6 Å². The molecule has 1 aliphatic rings. The maximum absolute atomic E-state index is 12.0. The Balaban J connectivity index is 1.81. The molecule has 1 N–H and O–H groups in total. The molecule has 24 heavy (non-hydrogen) atoms. The van der Waals surface area contributed by atoms with E-state index in [1.165, 1.54) is 6.42 Å².